The Hall–Kier alpha value is -1.11. The molecule has 1 saturated heterocycles. The van der Waals surface area contributed by atoms with Crippen LogP contribution in [0.15, 0.2) is 22.7 Å². The number of carbonyl (C=O) groups is 2. The van der Waals surface area contributed by atoms with Gasteiger partial charge >= 0.3 is 5.97 Å². The van der Waals surface area contributed by atoms with Crippen LogP contribution in [-0.4, -0.2) is 47.7 Å². The highest BCUT2D eigenvalue weighted by molar-refractivity contribution is 9.10. The van der Waals surface area contributed by atoms with E-state index >= 15 is 0 Å². The molecule has 5 nitrogen and oxygen atoms in total. The summed E-state index contributed by atoms with van der Waals surface area (Å²) >= 11 is 9.24. The highest BCUT2D eigenvalue weighted by atomic mass is 79.9. The first-order chi connectivity index (χ1) is 9.99. The highest BCUT2D eigenvalue weighted by Gasteiger charge is 2.29. The van der Waals surface area contributed by atoms with Crippen molar-refractivity contribution >= 4 is 39.4 Å². The van der Waals surface area contributed by atoms with Crippen LogP contribution in [0, 0.1) is 0 Å². The van der Waals surface area contributed by atoms with Gasteiger partial charge in [-0.05, 0) is 47.0 Å². The monoisotopic (exact) mass is 375 g/mol. The number of halogens is 2. The molecule has 0 radical (unpaired) electrons. The minimum absolute atomic E-state index is 0.131. The summed E-state index contributed by atoms with van der Waals surface area (Å²) in [4.78, 5) is 25.2. The van der Waals surface area contributed by atoms with Gasteiger partial charge in [-0.15, -0.1) is 0 Å². The third-order valence-electron chi connectivity index (χ3n) is 3.36. The summed E-state index contributed by atoms with van der Waals surface area (Å²) in [7, 11) is 0. The number of amides is 1. The van der Waals surface area contributed by atoms with Gasteiger partial charge in [0.25, 0.3) is 5.91 Å². The minimum atomic E-state index is -1.03. The summed E-state index contributed by atoms with van der Waals surface area (Å²) in [6, 6.07) is 4.76. The van der Waals surface area contributed by atoms with Gasteiger partial charge < -0.3 is 14.7 Å². The smallest absolute Gasteiger partial charge is 0.323 e. The summed E-state index contributed by atoms with van der Waals surface area (Å²) < 4.78 is 5.86. The predicted molar refractivity (Wildman–Crippen MR) is 81.7 cm³/mol. The van der Waals surface area contributed by atoms with Crippen molar-refractivity contribution in [2.75, 3.05) is 19.8 Å². The molecular formula is C14H15BrClNO4. The zero-order valence-electron chi connectivity index (χ0n) is 11.2. The number of hydrogen-bond acceptors (Lipinski definition) is 3. The van der Waals surface area contributed by atoms with Crippen molar-refractivity contribution in [3.05, 3.63) is 33.3 Å². The summed E-state index contributed by atoms with van der Waals surface area (Å²) in [5, 5.41) is 9.51. The lowest BCUT2D eigenvalue weighted by atomic mass is 10.1. The Labute approximate surface area is 136 Å². The van der Waals surface area contributed by atoms with Crippen LogP contribution in [0.25, 0.3) is 0 Å². The lowest BCUT2D eigenvalue weighted by Gasteiger charge is -2.33. The molecule has 0 saturated carbocycles. The SMILES string of the molecule is O=C(O)CN(C(=O)c1cc(Cl)ccc1Br)C1CCOCC1. The number of nitrogens with zero attached hydrogens (tertiary/aromatic N) is 1. The zero-order chi connectivity index (χ0) is 15.4. The van der Waals surface area contributed by atoms with Gasteiger partial charge in [-0.3, -0.25) is 9.59 Å². The average molecular weight is 377 g/mol. The number of ether oxygens (including phenoxy) is 1. The number of aliphatic carboxylic acids is 1. The second-order valence-corrected chi connectivity index (χ2v) is 6.09. The summed E-state index contributed by atoms with van der Waals surface area (Å²) in [6.07, 6.45) is 1.27. The van der Waals surface area contributed by atoms with Crippen molar-refractivity contribution in [2.24, 2.45) is 0 Å². The quantitative estimate of drug-likeness (QED) is 0.877. The topological polar surface area (TPSA) is 66.8 Å². The maximum atomic E-state index is 12.7. The minimum Gasteiger partial charge on any atom is -0.480 e. The molecule has 0 aromatic heterocycles. The van der Waals surface area contributed by atoms with E-state index in [9.17, 15) is 9.59 Å². The van der Waals surface area contributed by atoms with Crippen LogP contribution in [0.1, 0.15) is 23.2 Å². The third-order valence-corrected chi connectivity index (χ3v) is 4.28. The molecule has 1 amide bonds. The van der Waals surface area contributed by atoms with Crippen molar-refractivity contribution in [3.63, 3.8) is 0 Å². The van der Waals surface area contributed by atoms with E-state index in [2.05, 4.69) is 15.9 Å². The molecule has 0 atom stereocenters. The first-order valence-corrected chi connectivity index (χ1v) is 7.71. The van der Waals surface area contributed by atoms with Crippen molar-refractivity contribution in [1.82, 2.24) is 4.90 Å². The van der Waals surface area contributed by atoms with E-state index in [4.69, 9.17) is 21.4 Å². The van der Waals surface area contributed by atoms with Crippen LogP contribution in [0.4, 0.5) is 0 Å². The van der Waals surface area contributed by atoms with Crippen LogP contribution >= 0.6 is 27.5 Å². The van der Waals surface area contributed by atoms with Crippen LogP contribution in [0.5, 0.6) is 0 Å². The Kier molecular flexibility index (Phi) is 5.61. The maximum absolute atomic E-state index is 12.7. The molecule has 1 N–H and O–H groups in total. The normalized spacial score (nSPS) is 15.7. The van der Waals surface area contributed by atoms with E-state index < -0.39 is 5.97 Å². The van der Waals surface area contributed by atoms with Crippen molar-refractivity contribution in [3.8, 4) is 0 Å². The number of carboxylic acids is 1. The van der Waals surface area contributed by atoms with E-state index in [1.165, 1.54) is 4.90 Å². The Bertz CT molecular complexity index is 546. The second kappa shape index (κ2) is 7.24. The Morgan fingerprint density at radius 3 is 2.67 bits per heavy atom. The van der Waals surface area contributed by atoms with Crippen molar-refractivity contribution in [2.45, 2.75) is 18.9 Å². The van der Waals surface area contributed by atoms with Crippen molar-refractivity contribution < 1.29 is 19.4 Å². The van der Waals surface area contributed by atoms with Gasteiger partial charge in [-0.1, -0.05) is 11.6 Å². The molecule has 2 rings (SSSR count). The van der Waals surface area contributed by atoms with Gasteiger partial charge in [0.15, 0.2) is 0 Å². The van der Waals surface area contributed by atoms with Gasteiger partial charge in [0.1, 0.15) is 6.54 Å². The fourth-order valence-electron chi connectivity index (χ4n) is 2.33. The fraction of sp³-hybridized carbons (Fsp3) is 0.429. The average Bonchev–Trinajstić information content (AvgIpc) is 2.47. The lowest BCUT2D eigenvalue weighted by Crippen LogP contribution is -2.46. The van der Waals surface area contributed by atoms with Gasteiger partial charge in [0, 0.05) is 28.8 Å². The predicted octanol–water partition coefficient (Wildman–Crippen LogP) is 2.81. The zero-order valence-corrected chi connectivity index (χ0v) is 13.6. The molecule has 0 spiro atoms. The molecule has 7 heteroatoms. The van der Waals surface area contributed by atoms with Crippen LogP contribution in [0.2, 0.25) is 5.02 Å². The van der Waals surface area contributed by atoms with Gasteiger partial charge in [-0.25, -0.2) is 0 Å². The van der Waals surface area contributed by atoms with E-state index in [0.29, 0.717) is 41.1 Å². The first-order valence-electron chi connectivity index (χ1n) is 6.54. The molecule has 114 valence electrons. The van der Waals surface area contributed by atoms with Gasteiger partial charge in [-0.2, -0.15) is 0 Å². The molecule has 1 aliphatic rings. The maximum Gasteiger partial charge on any atom is 0.323 e. The molecule has 1 fully saturated rings. The van der Waals surface area contributed by atoms with Crippen LogP contribution in [-0.2, 0) is 9.53 Å². The first kappa shape index (κ1) is 16.3. The number of carbonyl (C=O) groups excluding carboxylic acids is 1. The van der Waals surface area contributed by atoms with E-state index in [1.807, 2.05) is 0 Å². The Morgan fingerprint density at radius 2 is 2.05 bits per heavy atom. The summed E-state index contributed by atoms with van der Waals surface area (Å²) in [5.41, 5.74) is 0.371. The number of hydrogen-bond donors (Lipinski definition) is 1. The molecule has 0 bridgehead atoms. The van der Waals surface area contributed by atoms with Gasteiger partial charge in [0.2, 0.25) is 0 Å². The molecule has 0 aliphatic carbocycles. The number of carboxylic acid groups (broad SMARTS) is 1. The number of rotatable bonds is 4. The summed E-state index contributed by atoms with van der Waals surface area (Å²) in [5.74, 6) is -1.37. The van der Waals surface area contributed by atoms with Crippen molar-refractivity contribution in [1.29, 1.82) is 0 Å². The molecule has 1 aromatic rings. The van der Waals surface area contributed by atoms with Crippen LogP contribution < -0.4 is 0 Å². The fourth-order valence-corrected chi connectivity index (χ4v) is 2.91. The molecular weight excluding hydrogens is 362 g/mol. The summed E-state index contributed by atoms with van der Waals surface area (Å²) in [6.45, 7) is 0.734. The van der Waals surface area contributed by atoms with Crippen LogP contribution in [0.3, 0.4) is 0 Å². The Morgan fingerprint density at radius 1 is 1.38 bits per heavy atom. The van der Waals surface area contributed by atoms with E-state index in [-0.39, 0.29) is 18.5 Å². The molecule has 21 heavy (non-hydrogen) atoms. The second-order valence-electron chi connectivity index (χ2n) is 4.79. The highest BCUT2D eigenvalue weighted by Crippen LogP contribution is 2.25. The Balaban J connectivity index is 2.28. The number of benzene rings is 1. The molecule has 1 aromatic carbocycles. The molecule has 1 aliphatic heterocycles. The largest absolute Gasteiger partial charge is 0.480 e. The van der Waals surface area contributed by atoms with E-state index in [1.54, 1.807) is 18.2 Å². The van der Waals surface area contributed by atoms with E-state index in [0.717, 1.165) is 0 Å². The van der Waals surface area contributed by atoms with Gasteiger partial charge in [0.05, 0.1) is 5.56 Å². The molecule has 1 heterocycles. The standard InChI is InChI=1S/C14H15BrClNO4/c15-12-2-1-9(16)7-11(12)14(20)17(8-13(18)19)10-3-5-21-6-4-10/h1-2,7,10H,3-6,8H2,(H,18,19). The lowest BCUT2D eigenvalue weighted by molar-refractivity contribution is -0.138. The molecule has 0 unspecified atom stereocenters. The third kappa shape index (κ3) is 4.18.